The van der Waals surface area contributed by atoms with Gasteiger partial charge in [0.1, 0.15) is 6.26 Å². The fourth-order valence-corrected chi connectivity index (χ4v) is 2.12. The summed E-state index contributed by atoms with van der Waals surface area (Å²) in [6.07, 6.45) is 4.56. The van der Waals surface area contributed by atoms with Crippen molar-refractivity contribution in [2.45, 2.75) is 58.3 Å². The average molecular weight is 267 g/mol. The van der Waals surface area contributed by atoms with Crippen molar-refractivity contribution in [2.75, 3.05) is 5.32 Å². The third kappa shape index (κ3) is 3.70. The van der Waals surface area contributed by atoms with Crippen LogP contribution in [0.5, 0.6) is 0 Å². The van der Waals surface area contributed by atoms with Gasteiger partial charge in [-0.1, -0.05) is 12.1 Å². The molecule has 1 fully saturated rings. The summed E-state index contributed by atoms with van der Waals surface area (Å²) >= 11 is 0. The molecule has 1 aliphatic carbocycles. The minimum atomic E-state index is -0.239. The molecule has 0 aromatic carbocycles. The molecule has 0 saturated heterocycles. The van der Waals surface area contributed by atoms with E-state index in [2.05, 4.69) is 15.8 Å². The molecule has 2 amide bonds. The quantitative estimate of drug-likeness (QED) is 0.858. The standard InChI is InChI=1S/C13H21N3O3/c1-4-9-7-18-16-12(9)15-13(17)14-10-5-11(6-10)19-8(2)3/h7-8,10-11H,4-6H2,1-3H3,(H2,14,15,16,17). The van der Waals surface area contributed by atoms with Gasteiger partial charge in [0.2, 0.25) is 0 Å². The summed E-state index contributed by atoms with van der Waals surface area (Å²) in [6.45, 7) is 6.02. The summed E-state index contributed by atoms with van der Waals surface area (Å²) in [6, 6.07) is -0.0580. The van der Waals surface area contributed by atoms with Gasteiger partial charge >= 0.3 is 6.03 Å². The smallest absolute Gasteiger partial charge is 0.320 e. The van der Waals surface area contributed by atoms with E-state index in [1.54, 1.807) is 6.26 Å². The summed E-state index contributed by atoms with van der Waals surface area (Å²) in [5.41, 5.74) is 0.893. The van der Waals surface area contributed by atoms with Crippen LogP contribution in [-0.2, 0) is 11.2 Å². The van der Waals surface area contributed by atoms with E-state index in [1.165, 1.54) is 0 Å². The van der Waals surface area contributed by atoms with E-state index < -0.39 is 0 Å². The lowest BCUT2D eigenvalue weighted by Crippen LogP contribution is -2.49. The molecule has 2 N–H and O–H groups in total. The number of aromatic nitrogens is 1. The fraction of sp³-hybridized carbons (Fsp3) is 0.692. The first-order valence-electron chi connectivity index (χ1n) is 6.74. The number of urea groups is 1. The van der Waals surface area contributed by atoms with Crippen LogP contribution in [0.1, 0.15) is 39.2 Å². The number of rotatable bonds is 5. The van der Waals surface area contributed by atoms with Gasteiger partial charge in [0.05, 0.1) is 12.2 Å². The highest BCUT2D eigenvalue weighted by Gasteiger charge is 2.31. The van der Waals surface area contributed by atoms with Crippen molar-refractivity contribution in [1.29, 1.82) is 0 Å². The van der Waals surface area contributed by atoms with E-state index in [9.17, 15) is 4.79 Å². The highest BCUT2D eigenvalue weighted by atomic mass is 16.5. The van der Waals surface area contributed by atoms with Gasteiger partial charge in [-0.3, -0.25) is 5.32 Å². The number of amides is 2. The van der Waals surface area contributed by atoms with Crippen molar-refractivity contribution < 1.29 is 14.1 Å². The molecular weight excluding hydrogens is 246 g/mol. The van der Waals surface area contributed by atoms with Crippen LogP contribution in [0.3, 0.4) is 0 Å². The zero-order valence-electron chi connectivity index (χ0n) is 11.6. The van der Waals surface area contributed by atoms with E-state index in [4.69, 9.17) is 9.26 Å². The van der Waals surface area contributed by atoms with Crippen LogP contribution in [0.25, 0.3) is 0 Å². The normalized spacial score (nSPS) is 22.1. The van der Waals surface area contributed by atoms with Gasteiger partial charge in [-0.2, -0.15) is 0 Å². The van der Waals surface area contributed by atoms with E-state index >= 15 is 0 Å². The Kier molecular flexibility index (Phi) is 4.42. The number of ether oxygens (including phenoxy) is 1. The molecule has 0 unspecified atom stereocenters. The number of nitrogens with zero attached hydrogens (tertiary/aromatic N) is 1. The van der Waals surface area contributed by atoms with Crippen LogP contribution in [0.2, 0.25) is 0 Å². The van der Waals surface area contributed by atoms with Crippen molar-refractivity contribution in [1.82, 2.24) is 10.5 Å². The predicted octanol–water partition coefficient (Wildman–Crippen LogP) is 2.31. The fourth-order valence-electron chi connectivity index (χ4n) is 2.12. The molecule has 19 heavy (non-hydrogen) atoms. The summed E-state index contributed by atoms with van der Waals surface area (Å²) in [5.74, 6) is 0.495. The highest BCUT2D eigenvalue weighted by Crippen LogP contribution is 2.24. The van der Waals surface area contributed by atoms with Crippen LogP contribution in [0, 0.1) is 0 Å². The lowest BCUT2D eigenvalue weighted by Gasteiger charge is -2.36. The van der Waals surface area contributed by atoms with Crippen LogP contribution >= 0.6 is 0 Å². The molecule has 0 atom stereocenters. The second kappa shape index (κ2) is 6.06. The van der Waals surface area contributed by atoms with E-state index in [-0.39, 0.29) is 24.3 Å². The van der Waals surface area contributed by atoms with Gasteiger partial charge in [0.25, 0.3) is 0 Å². The van der Waals surface area contributed by atoms with Gasteiger partial charge in [0, 0.05) is 11.6 Å². The van der Waals surface area contributed by atoms with Crippen LogP contribution in [-0.4, -0.2) is 29.4 Å². The maximum atomic E-state index is 11.8. The van der Waals surface area contributed by atoms with Crippen LogP contribution in [0.15, 0.2) is 10.8 Å². The zero-order chi connectivity index (χ0) is 13.8. The molecule has 0 radical (unpaired) electrons. The second-order valence-corrected chi connectivity index (χ2v) is 5.12. The predicted molar refractivity (Wildman–Crippen MR) is 71.1 cm³/mol. The third-order valence-corrected chi connectivity index (χ3v) is 3.15. The molecule has 2 rings (SSSR count). The van der Waals surface area contributed by atoms with E-state index in [0.717, 1.165) is 24.8 Å². The van der Waals surface area contributed by atoms with Crippen LogP contribution < -0.4 is 10.6 Å². The summed E-state index contributed by atoms with van der Waals surface area (Å²) in [4.78, 5) is 11.8. The monoisotopic (exact) mass is 267 g/mol. The Morgan fingerprint density at radius 1 is 1.58 bits per heavy atom. The molecule has 0 spiro atoms. The van der Waals surface area contributed by atoms with Crippen molar-refractivity contribution in [3.63, 3.8) is 0 Å². The number of carbonyl (C=O) groups is 1. The minimum Gasteiger partial charge on any atom is -0.375 e. The number of anilines is 1. The molecule has 1 saturated carbocycles. The molecular formula is C13H21N3O3. The van der Waals surface area contributed by atoms with Crippen molar-refractivity contribution in [3.8, 4) is 0 Å². The molecule has 1 heterocycles. The van der Waals surface area contributed by atoms with E-state index in [0.29, 0.717) is 5.82 Å². The minimum absolute atomic E-state index is 0.181. The maximum Gasteiger partial charge on any atom is 0.320 e. The molecule has 6 nitrogen and oxygen atoms in total. The Bertz CT molecular complexity index is 425. The molecule has 0 bridgehead atoms. The Morgan fingerprint density at radius 2 is 2.32 bits per heavy atom. The Labute approximate surface area is 112 Å². The number of hydrogen-bond donors (Lipinski definition) is 2. The highest BCUT2D eigenvalue weighted by molar-refractivity contribution is 5.89. The van der Waals surface area contributed by atoms with Crippen LogP contribution in [0.4, 0.5) is 10.6 Å². The maximum absolute atomic E-state index is 11.8. The molecule has 0 aliphatic heterocycles. The summed E-state index contributed by atoms with van der Waals surface area (Å²) < 4.78 is 10.5. The summed E-state index contributed by atoms with van der Waals surface area (Å²) in [7, 11) is 0. The lowest BCUT2D eigenvalue weighted by atomic mass is 9.89. The van der Waals surface area contributed by atoms with Gasteiger partial charge < -0.3 is 14.6 Å². The van der Waals surface area contributed by atoms with Gasteiger partial charge in [-0.05, 0) is 33.1 Å². The first-order valence-corrected chi connectivity index (χ1v) is 6.74. The summed E-state index contributed by atoms with van der Waals surface area (Å²) in [5, 5.41) is 9.36. The Hall–Kier alpha value is -1.56. The second-order valence-electron chi connectivity index (χ2n) is 5.12. The molecule has 1 aliphatic rings. The first-order chi connectivity index (χ1) is 9.08. The van der Waals surface area contributed by atoms with Crippen molar-refractivity contribution in [3.05, 3.63) is 11.8 Å². The van der Waals surface area contributed by atoms with Gasteiger partial charge in [-0.15, -0.1) is 0 Å². The number of carbonyl (C=O) groups excluding carboxylic acids is 1. The van der Waals surface area contributed by atoms with Crippen molar-refractivity contribution in [2.24, 2.45) is 0 Å². The molecule has 1 aromatic heterocycles. The molecule has 1 aromatic rings. The Morgan fingerprint density at radius 3 is 2.95 bits per heavy atom. The largest absolute Gasteiger partial charge is 0.375 e. The lowest BCUT2D eigenvalue weighted by molar-refractivity contribution is -0.0473. The molecule has 6 heteroatoms. The SMILES string of the molecule is CCc1conc1NC(=O)NC1CC(OC(C)C)C1. The number of nitrogens with one attached hydrogen (secondary N) is 2. The first kappa shape index (κ1) is 13.9. The third-order valence-electron chi connectivity index (χ3n) is 3.15. The van der Waals surface area contributed by atoms with E-state index in [1.807, 2.05) is 20.8 Å². The van der Waals surface area contributed by atoms with Gasteiger partial charge in [0.15, 0.2) is 5.82 Å². The van der Waals surface area contributed by atoms with Crippen molar-refractivity contribution >= 4 is 11.8 Å². The topological polar surface area (TPSA) is 76.4 Å². The Balaban J connectivity index is 1.72. The number of hydrogen-bond acceptors (Lipinski definition) is 4. The number of aryl methyl sites for hydroxylation is 1. The van der Waals surface area contributed by atoms with Gasteiger partial charge in [-0.25, -0.2) is 4.79 Å². The zero-order valence-corrected chi connectivity index (χ0v) is 11.6. The molecule has 106 valence electrons. The average Bonchev–Trinajstić information content (AvgIpc) is 2.72.